The molecule has 0 bridgehead atoms. The van der Waals surface area contributed by atoms with Crippen LogP contribution in [-0.4, -0.2) is 17.2 Å². The van der Waals surface area contributed by atoms with E-state index in [9.17, 15) is 9.90 Å². The lowest BCUT2D eigenvalue weighted by molar-refractivity contribution is -0.145. The predicted molar refractivity (Wildman–Crippen MR) is 82.9 cm³/mol. The van der Waals surface area contributed by atoms with E-state index in [2.05, 4.69) is 0 Å². The number of carbonyl (C=O) groups is 1. The molecule has 0 saturated carbocycles. The molecule has 0 saturated heterocycles. The van der Waals surface area contributed by atoms with Crippen molar-refractivity contribution in [3.8, 4) is 5.75 Å². The molecule has 110 valence electrons. The van der Waals surface area contributed by atoms with Gasteiger partial charge < -0.3 is 9.84 Å². The molecule has 2 aromatic carbocycles. The lowest BCUT2D eigenvalue weighted by Crippen LogP contribution is -2.29. The van der Waals surface area contributed by atoms with Gasteiger partial charge in [-0.3, -0.25) is 0 Å². The van der Waals surface area contributed by atoms with Crippen molar-refractivity contribution in [1.82, 2.24) is 0 Å². The van der Waals surface area contributed by atoms with Crippen molar-refractivity contribution in [2.45, 2.75) is 33.3 Å². The molecule has 2 rings (SSSR count). The minimum absolute atomic E-state index is 0.358. The first-order valence-corrected chi connectivity index (χ1v) is 6.98. The highest BCUT2D eigenvalue weighted by Gasteiger charge is 2.21. The molecule has 0 radical (unpaired) electrons. The van der Waals surface area contributed by atoms with Crippen LogP contribution in [0.2, 0.25) is 0 Å². The van der Waals surface area contributed by atoms with Crippen LogP contribution in [0.5, 0.6) is 5.75 Å². The van der Waals surface area contributed by atoms with Gasteiger partial charge in [0.05, 0.1) is 0 Å². The summed E-state index contributed by atoms with van der Waals surface area (Å²) >= 11 is 0. The Morgan fingerprint density at radius 2 is 1.67 bits per heavy atom. The van der Waals surface area contributed by atoms with Crippen LogP contribution in [0, 0.1) is 20.8 Å². The summed E-state index contributed by atoms with van der Waals surface area (Å²) in [5, 5.41) is 9.39. The Hall–Kier alpha value is -2.29. The monoisotopic (exact) mass is 284 g/mol. The van der Waals surface area contributed by atoms with Crippen molar-refractivity contribution < 1.29 is 14.6 Å². The standard InChI is InChI=1S/C18H20O3/c1-12-5-8-16(9-6-12)21-17(18(19)20)11-15-10-13(2)4-7-14(15)3/h4-10,17H,11H2,1-3H3,(H,19,20)/t17-/m0/s1. The van der Waals surface area contributed by atoms with E-state index in [4.69, 9.17) is 4.74 Å². The Morgan fingerprint density at radius 3 is 2.29 bits per heavy atom. The van der Waals surface area contributed by atoms with Gasteiger partial charge in [0.2, 0.25) is 0 Å². The summed E-state index contributed by atoms with van der Waals surface area (Å²) in [5.41, 5.74) is 4.33. The van der Waals surface area contributed by atoms with Gasteiger partial charge in [-0.05, 0) is 44.0 Å². The van der Waals surface area contributed by atoms with Crippen LogP contribution >= 0.6 is 0 Å². The fourth-order valence-electron chi connectivity index (χ4n) is 2.18. The predicted octanol–water partition coefficient (Wildman–Crippen LogP) is 3.69. The quantitative estimate of drug-likeness (QED) is 0.911. The summed E-state index contributed by atoms with van der Waals surface area (Å²) in [7, 11) is 0. The van der Waals surface area contributed by atoms with E-state index >= 15 is 0 Å². The molecule has 0 aliphatic heterocycles. The highest BCUT2D eigenvalue weighted by atomic mass is 16.5. The van der Waals surface area contributed by atoms with Gasteiger partial charge in [-0.1, -0.05) is 41.5 Å². The molecule has 0 spiro atoms. The molecule has 2 aromatic rings. The molecule has 0 amide bonds. The summed E-state index contributed by atoms with van der Waals surface area (Å²) in [6.07, 6.45) is -0.523. The fraction of sp³-hybridized carbons (Fsp3) is 0.278. The Balaban J connectivity index is 2.17. The summed E-state index contributed by atoms with van der Waals surface area (Å²) < 4.78 is 5.63. The number of rotatable bonds is 5. The highest BCUT2D eigenvalue weighted by Crippen LogP contribution is 2.18. The van der Waals surface area contributed by atoms with E-state index in [1.165, 1.54) is 0 Å². The SMILES string of the molecule is Cc1ccc(O[C@@H](Cc2cc(C)ccc2C)C(=O)O)cc1. The maximum Gasteiger partial charge on any atom is 0.345 e. The minimum atomic E-state index is -0.948. The average Bonchev–Trinajstić information content (AvgIpc) is 2.44. The largest absolute Gasteiger partial charge is 0.478 e. The molecule has 3 nitrogen and oxygen atoms in total. The van der Waals surface area contributed by atoms with E-state index in [1.54, 1.807) is 12.1 Å². The third-order valence-corrected chi connectivity index (χ3v) is 3.48. The van der Waals surface area contributed by atoms with E-state index in [0.717, 1.165) is 22.3 Å². The number of carboxylic acid groups (broad SMARTS) is 1. The average molecular weight is 284 g/mol. The lowest BCUT2D eigenvalue weighted by atomic mass is 10.00. The smallest absolute Gasteiger partial charge is 0.345 e. The van der Waals surface area contributed by atoms with E-state index < -0.39 is 12.1 Å². The van der Waals surface area contributed by atoms with Crippen LogP contribution in [-0.2, 0) is 11.2 Å². The Labute approximate surface area is 125 Å². The van der Waals surface area contributed by atoms with Crippen molar-refractivity contribution in [3.05, 3.63) is 64.7 Å². The number of aryl methyl sites for hydroxylation is 3. The van der Waals surface area contributed by atoms with Crippen molar-refractivity contribution in [2.75, 3.05) is 0 Å². The number of carboxylic acids is 1. The van der Waals surface area contributed by atoms with Gasteiger partial charge in [0.15, 0.2) is 6.10 Å². The van der Waals surface area contributed by atoms with Crippen LogP contribution in [0.4, 0.5) is 0 Å². The van der Waals surface area contributed by atoms with Crippen molar-refractivity contribution in [2.24, 2.45) is 0 Å². The fourth-order valence-corrected chi connectivity index (χ4v) is 2.18. The molecule has 3 heteroatoms. The molecule has 0 aliphatic carbocycles. The number of aliphatic carboxylic acids is 1. The van der Waals surface area contributed by atoms with Crippen LogP contribution in [0.25, 0.3) is 0 Å². The second kappa shape index (κ2) is 6.44. The summed E-state index contributed by atoms with van der Waals surface area (Å²) in [6.45, 7) is 5.97. The molecule has 0 fully saturated rings. The zero-order valence-corrected chi connectivity index (χ0v) is 12.6. The van der Waals surface area contributed by atoms with Gasteiger partial charge in [0, 0.05) is 6.42 Å². The molecule has 1 atom stereocenters. The maximum absolute atomic E-state index is 11.4. The van der Waals surface area contributed by atoms with Crippen molar-refractivity contribution in [3.63, 3.8) is 0 Å². The van der Waals surface area contributed by atoms with Crippen molar-refractivity contribution >= 4 is 5.97 Å². The molecule has 0 aromatic heterocycles. The van der Waals surface area contributed by atoms with Gasteiger partial charge in [-0.15, -0.1) is 0 Å². The number of hydrogen-bond acceptors (Lipinski definition) is 2. The summed E-state index contributed by atoms with van der Waals surface area (Å²) in [5.74, 6) is -0.366. The van der Waals surface area contributed by atoms with Gasteiger partial charge in [-0.25, -0.2) is 4.79 Å². The third-order valence-electron chi connectivity index (χ3n) is 3.48. The van der Waals surface area contributed by atoms with Gasteiger partial charge in [0.25, 0.3) is 0 Å². The van der Waals surface area contributed by atoms with Crippen LogP contribution in [0.1, 0.15) is 22.3 Å². The first-order chi connectivity index (χ1) is 9.95. The van der Waals surface area contributed by atoms with Gasteiger partial charge in [-0.2, -0.15) is 0 Å². The van der Waals surface area contributed by atoms with Crippen LogP contribution in [0.3, 0.4) is 0 Å². The summed E-state index contributed by atoms with van der Waals surface area (Å²) in [6, 6.07) is 13.5. The first kappa shape index (κ1) is 15.1. The second-order valence-electron chi connectivity index (χ2n) is 5.39. The Kier molecular flexibility index (Phi) is 4.63. The molecule has 21 heavy (non-hydrogen) atoms. The molecule has 0 heterocycles. The molecule has 1 N–H and O–H groups in total. The molecular weight excluding hydrogens is 264 g/mol. The van der Waals surface area contributed by atoms with E-state index in [0.29, 0.717) is 12.2 Å². The minimum Gasteiger partial charge on any atom is -0.478 e. The maximum atomic E-state index is 11.4. The van der Waals surface area contributed by atoms with Gasteiger partial charge >= 0.3 is 5.97 Å². The number of benzene rings is 2. The Bertz CT molecular complexity index is 629. The van der Waals surface area contributed by atoms with Crippen LogP contribution in [0.15, 0.2) is 42.5 Å². The van der Waals surface area contributed by atoms with E-state index in [1.807, 2.05) is 51.1 Å². The molecular formula is C18H20O3. The second-order valence-corrected chi connectivity index (χ2v) is 5.39. The first-order valence-electron chi connectivity index (χ1n) is 6.98. The lowest BCUT2D eigenvalue weighted by Gasteiger charge is -2.17. The number of hydrogen-bond donors (Lipinski definition) is 1. The summed E-state index contributed by atoms with van der Waals surface area (Å²) in [4.78, 5) is 11.4. The van der Waals surface area contributed by atoms with Crippen molar-refractivity contribution in [1.29, 1.82) is 0 Å². The van der Waals surface area contributed by atoms with E-state index in [-0.39, 0.29) is 0 Å². The normalized spacial score (nSPS) is 12.0. The zero-order valence-electron chi connectivity index (χ0n) is 12.6. The topological polar surface area (TPSA) is 46.5 Å². The van der Waals surface area contributed by atoms with Gasteiger partial charge in [0.1, 0.15) is 5.75 Å². The Morgan fingerprint density at radius 1 is 1.05 bits per heavy atom. The highest BCUT2D eigenvalue weighted by molar-refractivity contribution is 5.73. The number of ether oxygens (including phenoxy) is 1. The zero-order chi connectivity index (χ0) is 15.4. The third kappa shape index (κ3) is 4.09. The molecule has 0 unspecified atom stereocenters. The van der Waals surface area contributed by atoms with Crippen LogP contribution < -0.4 is 4.74 Å². The molecule has 0 aliphatic rings.